The van der Waals surface area contributed by atoms with Gasteiger partial charge in [0.1, 0.15) is 12.4 Å². The number of morpholine rings is 1. The molecule has 0 bridgehead atoms. The van der Waals surface area contributed by atoms with Crippen LogP contribution in [0.3, 0.4) is 0 Å². The highest BCUT2D eigenvalue weighted by Crippen LogP contribution is 2.20. The summed E-state index contributed by atoms with van der Waals surface area (Å²) in [6, 6.07) is 6.16. The van der Waals surface area contributed by atoms with Gasteiger partial charge in [0.15, 0.2) is 0 Å². The summed E-state index contributed by atoms with van der Waals surface area (Å²) in [6.45, 7) is 11.1. The zero-order valence-corrected chi connectivity index (χ0v) is 13.5. The normalized spacial score (nSPS) is 18.5. The molecule has 0 spiro atoms. The standard InChI is InChI=1S/C18H23N3O2/c1-14-13-16(17-5-3-15(2)19-20-17)4-6-18(14)23-12-9-21-7-10-22-11-8-21/h3-6,13,19H,2,7-12H2,1H3. The molecule has 2 aliphatic heterocycles. The van der Waals surface area contributed by atoms with E-state index in [0.717, 1.165) is 61.1 Å². The molecule has 0 saturated carbocycles. The van der Waals surface area contributed by atoms with Crippen LogP contribution in [0.1, 0.15) is 11.1 Å². The lowest BCUT2D eigenvalue weighted by molar-refractivity contribution is 0.0322. The van der Waals surface area contributed by atoms with Gasteiger partial charge in [0.2, 0.25) is 0 Å². The Morgan fingerprint density at radius 3 is 2.83 bits per heavy atom. The van der Waals surface area contributed by atoms with Crippen LogP contribution in [0.5, 0.6) is 5.75 Å². The van der Waals surface area contributed by atoms with Gasteiger partial charge in [-0.25, -0.2) is 0 Å². The van der Waals surface area contributed by atoms with E-state index in [1.165, 1.54) is 0 Å². The number of nitrogens with one attached hydrogen (secondary N) is 1. The van der Waals surface area contributed by atoms with E-state index in [-0.39, 0.29) is 0 Å². The SMILES string of the molecule is C=C1C=CC(c2ccc(OCCN3CCOCC3)c(C)c2)=NN1. The van der Waals surface area contributed by atoms with Gasteiger partial charge in [0.05, 0.1) is 18.9 Å². The summed E-state index contributed by atoms with van der Waals surface area (Å²) in [5.41, 5.74) is 6.78. The molecule has 0 aliphatic carbocycles. The van der Waals surface area contributed by atoms with E-state index in [9.17, 15) is 0 Å². The predicted octanol–water partition coefficient (Wildman–Crippen LogP) is 2.08. The third-order valence-electron chi connectivity index (χ3n) is 4.00. The van der Waals surface area contributed by atoms with Gasteiger partial charge in [-0.1, -0.05) is 6.58 Å². The second-order valence-electron chi connectivity index (χ2n) is 5.75. The van der Waals surface area contributed by atoms with Crippen molar-refractivity contribution in [3.05, 3.63) is 53.8 Å². The van der Waals surface area contributed by atoms with Crippen molar-refractivity contribution < 1.29 is 9.47 Å². The Labute approximate surface area is 137 Å². The average molecular weight is 313 g/mol. The summed E-state index contributed by atoms with van der Waals surface area (Å²) in [7, 11) is 0. The highest BCUT2D eigenvalue weighted by Gasteiger charge is 2.11. The fraction of sp³-hybridized carbons (Fsp3) is 0.389. The van der Waals surface area contributed by atoms with E-state index in [1.54, 1.807) is 0 Å². The van der Waals surface area contributed by atoms with Crippen LogP contribution in [0.15, 0.2) is 47.7 Å². The van der Waals surface area contributed by atoms with Crippen LogP contribution in [-0.2, 0) is 4.74 Å². The van der Waals surface area contributed by atoms with Gasteiger partial charge in [-0.2, -0.15) is 5.10 Å². The maximum absolute atomic E-state index is 5.93. The molecular formula is C18H23N3O2. The molecule has 1 aromatic rings. The van der Waals surface area contributed by atoms with Crippen molar-refractivity contribution >= 4 is 5.71 Å². The maximum atomic E-state index is 5.93. The van der Waals surface area contributed by atoms with Crippen molar-refractivity contribution in [3.8, 4) is 5.75 Å². The molecule has 1 saturated heterocycles. The van der Waals surface area contributed by atoms with Crippen LogP contribution in [0.4, 0.5) is 0 Å². The van der Waals surface area contributed by atoms with Crippen LogP contribution >= 0.6 is 0 Å². The molecule has 1 fully saturated rings. The number of nitrogens with zero attached hydrogens (tertiary/aromatic N) is 2. The number of hydrogen-bond donors (Lipinski definition) is 1. The Bertz CT molecular complexity index is 631. The number of rotatable bonds is 5. The average Bonchev–Trinajstić information content (AvgIpc) is 2.58. The van der Waals surface area contributed by atoms with E-state index in [0.29, 0.717) is 6.61 Å². The molecule has 23 heavy (non-hydrogen) atoms. The van der Waals surface area contributed by atoms with Crippen molar-refractivity contribution in [1.29, 1.82) is 0 Å². The first-order valence-corrected chi connectivity index (χ1v) is 7.97. The molecule has 3 rings (SSSR count). The second-order valence-corrected chi connectivity index (χ2v) is 5.75. The van der Waals surface area contributed by atoms with Gasteiger partial charge in [-0.15, -0.1) is 0 Å². The van der Waals surface area contributed by atoms with Gasteiger partial charge in [0.25, 0.3) is 0 Å². The molecule has 2 heterocycles. The third kappa shape index (κ3) is 4.21. The molecule has 0 atom stereocenters. The molecular weight excluding hydrogens is 290 g/mol. The number of benzene rings is 1. The number of hydrazone groups is 1. The van der Waals surface area contributed by atoms with Gasteiger partial charge in [-0.05, 0) is 42.8 Å². The van der Waals surface area contributed by atoms with Crippen LogP contribution in [0.25, 0.3) is 0 Å². The number of aryl methyl sites for hydroxylation is 1. The number of allylic oxidation sites excluding steroid dienone is 2. The van der Waals surface area contributed by atoms with Crippen LogP contribution in [-0.4, -0.2) is 50.1 Å². The molecule has 1 N–H and O–H groups in total. The fourth-order valence-electron chi connectivity index (χ4n) is 2.63. The van der Waals surface area contributed by atoms with Crippen LogP contribution < -0.4 is 10.2 Å². The predicted molar refractivity (Wildman–Crippen MR) is 91.9 cm³/mol. The zero-order chi connectivity index (χ0) is 16.1. The Morgan fingerprint density at radius 1 is 1.30 bits per heavy atom. The summed E-state index contributed by atoms with van der Waals surface area (Å²) < 4.78 is 11.3. The highest BCUT2D eigenvalue weighted by molar-refractivity contribution is 6.09. The number of ether oxygens (including phenoxy) is 2. The lowest BCUT2D eigenvalue weighted by Gasteiger charge is -2.26. The van der Waals surface area contributed by atoms with E-state index < -0.39 is 0 Å². The Hall–Kier alpha value is -2.11. The second kappa shape index (κ2) is 7.44. The zero-order valence-electron chi connectivity index (χ0n) is 13.5. The van der Waals surface area contributed by atoms with E-state index in [4.69, 9.17) is 9.47 Å². The maximum Gasteiger partial charge on any atom is 0.122 e. The van der Waals surface area contributed by atoms with Crippen molar-refractivity contribution in [2.45, 2.75) is 6.92 Å². The first-order chi connectivity index (χ1) is 11.2. The third-order valence-corrected chi connectivity index (χ3v) is 4.00. The van der Waals surface area contributed by atoms with Gasteiger partial charge < -0.3 is 9.47 Å². The Morgan fingerprint density at radius 2 is 2.13 bits per heavy atom. The minimum absolute atomic E-state index is 0.697. The van der Waals surface area contributed by atoms with Crippen molar-refractivity contribution in [3.63, 3.8) is 0 Å². The molecule has 5 nitrogen and oxygen atoms in total. The lowest BCUT2D eigenvalue weighted by Crippen LogP contribution is -2.38. The molecule has 2 aliphatic rings. The molecule has 122 valence electrons. The highest BCUT2D eigenvalue weighted by atomic mass is 16.5. The largest absolute Gasteiger partial charge is 0.492 e. The van der Waals surface area contributed by atoms with Crippen molar-refractivity contribution in [2.24, 2.45) is 5.10 Å². The summed E-state index contributed by atoms with van der Waals surface area (Å²) in [6.07, 6.45) is 3.89. The van der Waals surface area contributed by atoms with Gasteiger partial charge >= 0.3 is 0 Å². The molecule has 0 radical (unpaired) electrons. The topological polar surface area (TPSA) is 46.1 Å². The van der Waals surface area contributed by atoms with Crippen LogP contribution in [0.2, 0.25) is 0 Å². The summed E-state index contributed by atoms with van der Waals surface area (Å²) in [5, 5.41) is 4.30. The molecule has 0 amide bonds. The first-order valence-electron chi connectivity index (χ1n) is 7.97. The molecule has 0 aromatic heterocycles. The van der Waals surface area contributed by atoms with Gasteiger partial charge in [0, 0.05) is 30.9 Å². The molecule has 5 heteroatoms. The summed E-state index contributed by atoms with van der Waals surface area (Å²) in [5.74, 6) is 0.930. The van der Waals surface area contributed by atoms with E-state index in [1.807, 2.05) is 24.3 Å². The minimum atomic E-state index is 0.697. The smallest absolute Gasteiger partial charge is 0.122 e. The van der Waals surface area contributed by atoms with Crippen molar-refractivity contribution in [2.75, 3.05) is 39.5 Å². The summed E-state index contributed by atoms with van der Waals surface area (Å²) in [4.78, 5) is 2.37. The lowest BCUT2D eigenvalue weighted by atomic mass is 10.1. The monoisotopic (exact) mass is 313 g/mol. The van der Waals surface area contributed by atoms with Crippen LogP contribution in [0, 0.1) is 6.92 Å². The fourth-order valence-corrected chi connectivity index (χ4v) is 2.63. The van der Waals surface area contributed by atoms with E-state index in [2.05, 4.69) is 35.0 Å². The summed E-state index contributed by atoms with van der Waals surface area (Å²) >= 11 is 0. The Balaban J connectivity index is 1.56. The molecule has 0 unspecified atom stereocenters. The minimum Gasteiger partial charge on any atom is -0.492 e. The van der Waals surface area contributed by atoms with E-state index >= 15 is 0 Å². The first kappa shape index (κ1) is 15.8. The molecule has 1 aromatic carbocycles. The Kier molecular flexibility index (Phi) is 5.10. The number of hydrogen-bond acceptors (Lipinski definition) is 5. The van der Waals surface area contributed by atoms with Crippen molar-refractivity contribution in [1.82, 2.24) is 10.3 Å². The van der Waals surface area contributed by atoms with Gasteiger partial charge in [-0.3, -0.25) is 10.3 Å². The quantitative estimate of drug-likeness (QED) is 0.904.